The molecular weight excluding hydrogens is 402 g/mol. The van der Waals surface area contributed by atoms with Gasteiger partial charge in [-0.2, -0.15) is 0 Å². The summed E-state index contributed by atoms with van der Waals surface area (Å²) in [5.41, 5.74) is 0.0816. The minimum absolute atomic E-state index is 0.0176. The molecule has 0 fully saturated rings. The standard InChI is InChI=1S/C16H16ClNO6S2/c1-3-24-14(19)10-18(26(21,22)15-5-4-8-25-15)13-9-11(16(20)23-2)6-7-12(13)17/h4-9H,3,10H2,1-2H3. The summed E-state index contributed by atoms with van der Waals surface area (Å²) in [4.78, 5) is 23.7. The van der Waals surface area contributed by atoms with Crippen LogP contribution in [0, 0.1) is 0 Å². The van der Waals surface area contributed by atoms with E-state index in [1.807, 2.05) is 0 Å². The Kier molecular flexibility index (Phi) is 6.63. The van der Waals surface area contributed by atoms with Crippen LogP contribution >= 0.6 is 22.9 Å². The van der Waals surface area contributed by atoms with Crippen molar-refractivity contribution in [3.8, 4) is 0 Å². The van der Waals surface area contributed by atoms with Crippen LogP contribution in [0.4, 0.5) is 5.69 Å². The Morgan fingerprint density at radius 1 is 1.27 bits per heavy atom. The highest BCUT2D eigenvalue weighted by Gasteiger charge is 2.30. The van der Waals surface area contributed by atoms with Gasteiger partial charge in [-0.15, -0.1) is 11.3 Å². The van der Waals surface area contributed by atoms with E-state index in [4.69, 9.17) is 16.3 Å². The SMILES string of the molecule is CCOC(=O)CN(c1cc(C(=O)OC)ccc1Cl)S(=O)(=O)c1cccs1. The average molecular weight is 418 g/mol. The zero-order chi connectivity index (χ0) is 19.3. The molecular formula is C16H16ClNO6S2. The van der Waals surface area contributed by atoms with Gasteiger partial charge in [0.2, 0.25) is 0 Å². The molecule has 0 spiro atoms. The number of carbonyl (C=O) groups is 2. The predicted molar refractivity (Wildman–Crippen MR) is 98.3 cm³/mol. The van der Waals surface area contributed by atoms with Crippen LogP contribution in [0.25, 0.3) is 0 Å². The zero-order valence-electron chi connectivity index (χ0n) is 14.0. The molecule has 0 N–H and O–H groups in total. The number of methoxy groups -OCH3 is 1. The Morgan fingerprint density at radius 2 is 2.00 bits per heavy atom. The molecule has 0 bridgehead atoms. The summed E-state index contributed by atoms with van der Waals surface area (Å²) < 4.78 is 36.4. The lowest BCUT2D eigenvalue weighted by Crippen LogP contribution is -2.36. The van der Waals surface area contributed by atoms with Crippen molar-refractivity contribution in [2.45, 2.75) is 11.1 Å². The van der Waals surface area contributed by atoms with Crippen molar-refractivity contribution >= 4 is 50.6 Å². The van der Waals surface area contributed by atoms with Crippen LogP contribution in [0.15, 0.2) is 39.9 Å². The third kappa shape index (κ3) is 4.35. The molecule has 0 radical (unpaired) electrons. The third-order valence-electron chi connectivity index (χ3n) is 3.25. The zero-order valence-corrected chi connectivity index (χ0v) is 16.4. The first-order valence-electron chi connectivity index (χ1n) is 7.41. The fourth-order valence-electron chi connectivity index (χ4n) is 2.09. The molecule has 140 valence electrons. The van der Waals surface area contributed by atoms with E-state index in [-0.39, 0.29) is 27.1 Å². The lowest BCUT2D eigenvalue weighted by atomic mass is 10.2. The lowest BCUT2D eigenvalue weighted by molar-refractivity contribution is -0.141. The van der Waals surface area contributed by atoms with Crippen LogP contribution in [0.2, 0.25) is 5.02 Å². The Labute approximate surface area is 160 Å². The highest BCUT2D eigenvalue weighted by Crippen LogP contribution is 2.33. The molecule has 2 rings (SSSR count). The van der Waals surface area contributed by atoms with Crippen LogP contribution in [0.3, 0.4) is 0 Å². The predicted octanol–water partition coefficient (Wildman–Crippen LogP) is 2.95. The maximum Gasteiger partial charge on any atom is 0.337 e. The molecule has 0 saturated heterocycles. The van der Waals surface area contributed by atoms with Crippen molar-refractivity contribution < 1.29 is 27.5 Å². The molecule has 26 heavy (non-hydrogen) atoms. The summed E-state index contributed by atoms with van der Waals surface area (Å²) in [6.45, 7) is 1.13. The topological polar surface area (TPSA) is 90.0 Å². The minimum atomic E-state index is -4.08. The van der Waals surface area contributed by atoms with Crippen LogP contribution in [-0.2, 0) is 24.3 Å². The molecule has 1 aromatic carbocycles. The fraction of sp³-hybridized carbons (Fsp3) is 0.250. The lowest BCUT2D eigenvalue weighted by Gasteiger charge is -2.24. The first-order valence-corrected chi connectivity index (χ1v) is 10.1. The maximum atomic E-state index is 13.0. The Balaban J connectivity index is 2.57. The van der Waals surface area contributed by atoms with Crippen LogP contribution in [0.1, 0.15) is 17.3 Å². The number of hydrogen-bond donors (Lipinski definition) is 0. The van der Waals surface area contributed by atoms with Gasteiger partial charge in [-0.3, -0.25) is 9.10 Å². The van der Waals surface area contributed by atoms with Gasteiger partial charge in [-0.1, -0.05) is 17.7 Å². The Hall–Kier alpha value is -2.10. The first kappa shape index (κ1) is 20.2. The highest BCUT2D eigenvalue weighted by atomic mass is 35.5. The van der Waals surface area contributed by atoms with Gasteiger partial charge in [0.15, 0.2) is 0 Å². The molecule has 0 aliphatic rings. The van der Waals surface area contributed by atoms with Gasteiger partial charge in [0.25, 0.3) is 10.0 Å². The van der Waals surface area contributed by atoms with Crippen molar-refractivity contribution in [3.63, 3.8) is 0 Å². The second-order valence-electron chi connectivity index (χ2n) is 4.91. The van der Waals surface area contributed by atoms with E-state index in [0.29, 0.717) is 0 Å². The van der Waals surface area contributed by atoms with Gasteiger partial charge in [0, 0.05) is 0 Å². The van der Waals surface area contributed by atoms with E-state index in [1.165, 1.54) is 31.4 Å². The number of hydrogen-bond acceptors (Lipinski definition) is 7. The van der Waals surface area contributed by atoms with Gasteiger partial charge in [-0.25, -0.2) is 13.2 Å². The van der Waals surface area contributed by atoms with Crippen molar-refractivity contribution in [3.05, 3.63) is 46.3 Å². The molecule has 1 aromatic heterocycles. The van der Waals surface area contributed by atoms with Crippen LogP contribution in [0.5, 0.6) is 0 Å². The number of ether oxygens (including phenoxy) is 2. The minimum Gasteiger partial charge on any atom is -0.465 e. The van der Waals surface area contributed by atoms with Crippen LogP contribution < -0.4 is 4.31 Å². The number of esters is 2. The van der Waals surface area contributed by atoms with E-state index in [1.54, 1.807) is 18.4 Å². The van der Waals surface area contributed by atoms with Gasteiger partial charge in [0.1, 0.15) is 10.8 Å². The molecule has 0 atom stereocenters. The second-order valence-corrected chi connectivity index (χ2v) is 8.35. The van der Waals surface area contributed by atoms with Gasteiger partial charge < -0.3 is 9.47 Å². The molecule has 0 amide bonds. The second kappa shape index (κ2) is 8.52. The number of sulfonamides is 1. The number of anilines is 1. The summed E-state index contributed by atoms with van der Waals surface area (Å²) in [5.74, 6) is -1.40. The van der Waals surface area contributed by atoms with Crippen molar-refractivity contribution in [2.75, 3.05) is 24.6 Å². The Morgan fingerprint density at radius 3 is 2.58 bits per heavy atom. The molecule has 0 aliphatic heterocycles. The number of nitrogens with zero attached hydrogens (tertiary/aromatic N) is 1. The summed E-state index contributed by atoms with van der Waals surface area (Å²) in [7, 11) is -2.88. The largest absolute Gasteiger partial charge is 0.465 e. The Bertz CT molecular complexity index is 895. The molecule has 0 unspecified atom stereocenters. The molecule has 10 heteroatoms. The molecule has 0 saturated carbocycles. The van der Waals surface area contributed by atoms with Crippen molar-refractivity contribution in [1.29, 1.82) is 0 Å². The van der Waals surface area contributed by atoms with Crippen molar-refractivity contribution in [2.24, 2.45) is 0 Å². The number of thiophene rings is 1. The van der Waals surface area contributed by atoms with E-state index >= 15 is 0 Å². The summed E-state index contributed by atoms with van der Waals surface area (Å²) >= 11 is 7.16. The molecule has 1 heterocycles. The number of halogens is 1. The normalized spacial score (nSPS) is 11.0. The van der Waals surface area contributed by atoms with E-state index < -0.39 is 28.5 Å². The molecule has 2 aromatic rings. The number of benzene rings is 1. The van der Waals surface area contributed by atoms with Gasteiger partial charge in [-0.05, 0) is 36.6 Å². The summed E-state index contributed by atoms with van der Waals surface area (Å²) in [6, 6.07) is 7.02. The third-order valence-corrected chi connectivity index (χ3v) is 6.71. The fourth-order valence-corrected chi connectivity index (χ4v) is 4.89. The van der Waals surface area contributed by atoms with Crippen molar-refractivity contribution in [1.82, 2.24) is 0 Å². The average Bonchev–Trinajstić information content (AvgIpc) is 3.15. The summed E-state index contributed by atoms with van der Waals surface area (Å²) in [5, 5.41) is 1.66. The summed E-state index contributed by atoms with van der Waals surface area (Å²) in [6.07, 6.45) is 0. The van der Waals surface area contributed by atoms with E-state index in [9.17, 15) is 18.0 Å². The maximum absolute atomic E-state index is 13.0. The highest BCUT2D eigenvalue weighted by molar-refractivity contribution is 7.94. The number of rotatable bonds is 7. The van der Waals surface area contributed by atoms with E-state index in [2.05, 4.69) is 4.74 Å². The van der Waals surface area contributed by atoms with Crippen LogP contribution in [-0.4, -0.2) is 40.6 Å². The monoisotopic (exact) mass is 417 g/mol. The quantitative estimate of drug-likeness (QED) is 0.643. The van der Waals surface area contributed by atoms with Gasteiger partial charge in [0.05, 0.1) is 30.0 Å². The number of carbonyl (C=O) groups excluding carboxylic acids is 2. The molecule has 0 aliphatic carbocycles. The van der Waals surface area contributed by atoms with Gasteiger partial charge >= 0.3 is 11.9 Å². The smallest absolute Gasteiger partial charge is 0.337 e. The van der Waals surface area contributed by atoms with E-state index in [0.717, 1.165) is 15.6 Å². The molecule has 7 nitrogen and oxygen atoms in total. The first-order chi connectivity index (χ1) is 12.3.